The van der Waals surface area contributed by atoms with Gasteiger partial charge >= 0.3 is 6.09 Å². The van der Waals surface area contributed by atoms with Gasteiger partial charge in [0.1, 0.15) is 0 Å². The molecular weight excluding hydrogens is 390 g/mol. The number of nitrogens with zero attached hydrogens (tertiary/aromatic N) is 5. The van der Waals surface area contributed by atoms with E-state index in [1.165, 1.54) is 0 Å². The third-order valence-electron chi connectivity index (χ3n) is 6.23. The van der Waals surface area contributed by atoms with Crippen LogP contribution < -0.4 is 0 Å². The molecule has 0 saturated carbocycles. The second-order valence-electron chi connectivity index (χ2n) is 7.85. The number of hydrogen-bond acceptors (Lipinski definition) is 4. The molecule has 2 bridgehead atoms. The third kappa shape index (κ3) is 3.05. The molecule has 2 aliphatic heterocycles. The first-order valence-corrected chi connectivity index (χ1v) is 10.2. The van der Waals surface area contributed by atoms with E-state index in [1.54, 1.807) is 11.1 Å². The van der Waals surface area contributed by atoms with Crippen LogP contribution in [0.5, 0.6) is 0 Å². The Morgan fingerprint density at radius 2 is 1.90 bits per heavy atom. The van der Waals surface area contributed by atoms with Gasteiger partial charge in [-0.25, -0.2) is 14.8 Å². The lowest BCUT2D eigenvalue weighted by Crippen LogP contribution is -2.55. The van der Waals surface area contributed by atoms with Crippen molar-refractivity contribution in [3.8, 4) is 11.3 Å². The van der Waals surface area contributed by atoms with Gasteiger partial charge in [-0.3, -0.25) is 14.2 Å². The second kappa shape index (κ2) is 7.00. The van der Waals surface area contributed by atoms with Crippen LogP contribution in [0.15, 0.2) is 42.7 Å². The number of likely N-dealkylation sites (tertiary alicyclic amines) is 1. The summed E-state index contributed by atoms with van der Waals surface area (Å²) in [6.45, 7) is 3.64. The van der Waals surface area contributed by atoms with E-state index in [2.05, 4.69) is 16.8 Å². The predicted molar refractivity (Wildman–Crippen MR) is 110 cm³/mol. The zero-order valence-electron chi connectivity index (χ0n) is 16.1. The van der Waals surface area contributed by atoms with Gasteiger partial charge in [-0.05, 0) is 38.0 Å². The van der Waals surface area contributed by atoms with Crippen LogP contribution in [0, 0.1) is 0 Å². The summed E-state index contributed by atoms with van der Waals surface area (Å²) in [5, 5.41) is 10.2. The Balaban J connectivity index is 1.55. The third-order valence-corrected chi connectivity index (χ3v) is 6.49. The zero-order valence-corrected chi connectivity index (χ0v) is 16.8. The number of hydrogen-bond donors (Lipinski definition) is 1. The van der Waals surface area contributed by atoms with E-state index < -0.39 is 6.09 Å². The maximum absolute atomic E-state index is 11.6. The van der Waals surface area contributed by atoms with E-state index in [-0.39, 0.29) is 18.1 Å². The van der Waals surface area contributed by atoms with Crippen LogP contribution in [-0.2, 0) is 0 Å². The molecule has 2 saturated heterocycles. The minimum Gasteiger partial charge on any atom is -0.465 e. The number of fused-ring (bicyclic) bond motifs is 3. The maximum atomic E-state index is 11.6. The minimum atomic E-state index is -0.800. The molecule has 0 spiro atoms. The highest BCUT2D eigenvalue weighted by Crippen LogP contribution is 2.37. The molecule has 150 valence electrons. The first-order valence-electron chi connectivity index (χ1n) is 9.87. The fraction of sp³-hybridized carbons (Fsp3) is 0.381. The summed E-state index contributed by atoms with van der Waals surface area (Å²) in [4.78, 5) is 24.9. The van der Waals surface area contributed by atoms with Crippen LogP contribution >= 0.6 is 11.6 Å². The molecule has 3 aromatic rings. The average Bonchev–Trinajstić information content (AvgIpc) is 3.23. The average molecular weight is 412 g/mol. The number of piperazine rings is 1. The Hall–Kier alpha value is -2.64. The number of carboxylic acid groups (broad SMARTS) is 1. The largest absolute Gasteiger partial charge is 0.465 e. The molecule has 2 aromatic heterocycles. The highest BCUT2D eigenvalue weighted by molar-refractivity contribution is 6.30. The number of carbonyl (C=O) groups is 1. The van der Waals surface area contributed by atoms with Crippen molar-refractivity contribution in [1.29, 1.82) is 0 Å². The van der Waals surface area contributed by atoms with Gasteiger partial charge in [-0.1, -0.05) is 23.7 Å². The number of amides is 1. The van der Waals surface area contributed by atoms with Crippen LogP contribution in [0.3, 0.4) is 0 Å². The Morgan fingerprint density at radius 1 is 1.21 bits per heavy atom. The SMILES string of the molecule is CC(c1c(-c2ccc(Cl)cc2)nc2ncccn12)N1CC2CCC(C1)N2C(=O)O. The maximum Gasteiger partial charge on any atom is 0.407 e. The molecule has 0 aliphatic carbocycles. The Morgan fingerprint density at radius 3 is 2.55 bits per heavy atom. The topological polar surface area (TPSA) is 74.0 Å². The summed E-state index contributed by atoms with van der Waals surface area (Å²) in [7, 11) is 0. The van der Waals surface area contributed by atoms with E-state index in [4.69, 9.17) is 16.6 Å². The van der Waals surface area contributed by atoms with Crippen molar-refractivity contribution in [2.45, 2.75) is 37.9 Å². The zero-order chi connectivity index (χ0) is 20.1. The predicted octanol–water partition coefficient (Wildman–Crippen LogP) is 3.94. The summed E-state index contributed by atoms with van der Waals surface area (Å²) < 4.78 is 2.04. The van der Waals surface area contributed by atoms with Crippen molar-refractivity contribution in [3.63, 3.8) is 0 Å². The molecule has 1 amide bonds. The van der Waals surface area contributed by atoms with Crippen LogP contribution in [0.4, 0.5) is 4.79 Å². The van der Waals surface area contributed by atoms with Gasteiger partial charge in [0.2, 0.25) is 5.78 Å². The Labute approximate surface area is 173 Å². The van der Waals surface area contributed by atoms with Gasteiger partial charge in [0, 0.05) is 48.2 Å². The molecule has 5 rings (SSSR count). The summed E-state index contributed by atoms with van der Waals surface area (Å²) in [6.07, 6.45) is 4.79. The number of aromatic nitrogens is 3. The normalized spacial score (nSPS) is 22.9. The molecule has 4 heterocycles. The molecular formula is C21H22ClN5O2. The molecule has 2 fully saturated rings. The minimum absolute atomic E-state index is 0.0602. The number of imidazole rings is 1. The second-order valence-corrected chi connectivity index (χ2v) is 8.28. The number of rotatable bonds is 3. The van der Waals surface area contributed by atoms with Gasteiger partial charge in [0.05, 0.1) is 17.4 Å². The number of benzene rings is 1. The summed E-state index contributed by atoms with van der Waals surface area (Å²) in [5.74, 6) is 0.659. The monoisotopic (exact) mass is 411 g/mol. The van der Waals surface area contributed by atoms with Crippen molar-refractivity contribution in [3.05, 3.63) is 53.4 Å². The molecule has 7 nitrogen and oxygen atoms in total. The van der Waals surface area contributed by atoms with Crippen LogP contribution in [0.2, 0.25) is 5.02 Å². The van der Waals surface area contributed by atoms with E-state index in [0.29, 0.717) is 10.8 Å². The number of halogens is 1. The van der Waals surface area contributed by atoms with Crippen molar-refractivity contribution in [2.75, 3.05) is 13.1 Å². The van der Waals surface area contributed by atoms with Gasteiger partial charge in [0.25, 0.3) is 0 Å². The van der Waals surface area contributed by atoms with Crippen molar-refractivity contribution in [1.82, 2.24) is 24.2 Å². The molecule has 1 aromatic carbocycles. The Bertz CT molecular complexity index is 1050. The molecule has 1 N–H and O–H groups in total. The lowest BCUT2D eigenvalue weighted by Gasteiger charge is -2.42. The van der Waals surface area contributed by atoms with Crippen molar-refractivity contribution >= 4 is 23.5 Å². The van der Waals surface area contributed by atoms with Crippen LogP contribution in [0.1, 0.15) is 31.5 Å². The van der Waals surface area contributed by atoms with Gasteiger partial charge < -0.3 is 5.11 Å². The first kappa shape index (κ1) is 18.4. The van der Waals surface area contributed by atoms with Gasteiger partial charge in [0.15, 0.2) is 0 Å². The fourth-order valence-corrected chi connectivity index (χ4v) is 4.99. The molecule has 2 aliphatic rings. The molecule has 0 radical (unpaired) electrons. The van der Waals surface area contributed by atoms with E-state index in [9.17, 15) is 9.90 Å². The van der Waals surface area contributed by atoms with E-state index >= 15 is 0 Å². The Kier molecular flexibility index (Phi) is 4.44. The lowest BCUT2D eigenvalue weighted by molar-refractivity contribution is 0.0447. The summed E-state index contributed by atoms with van der Waals surface area (Å²) >= 11 is 6.08. The smallest absolute Gasteiger partial charge is 0.407 e. The van der Waals surface area contributed by atoms with Gasteiger partial charge in [-0.15, -0.1) is 0 Å². The van der Waals surface area contributed by atoms with Crippen LogP contribution in [0.25, 0.3) is 17.0 Å². The van der Waals surface area contributed by atoms with Gasteiger partial charge in [-0.2, -0.15) is 0 Å². The lowest BCUT2D eigenvalue weighted by atomic mass is 10.0. The summed E-state index contributed by atoms with van der Waals surface area (Å²) in [6, 6.07) is 9.79. The van der Waals surface area contributed by atoms with E-state index in [0.717, 1.165) is 42.9 Å². The highest BCUT2D eigenvalue weighted by atomic mass is 35.5. The summed E-state index contributed by atoms with van der Waals surface area (Å²) in [5.41, 5.74) is 2.95. The molecule has 8 heteroatoms. The molecule has 29 heavy (non-hydrogen) atoms. The van der Waals surface area contributed by atoms with E-state index in [1.807, 2.05) is 40.9 Å². The van der Waals surface area contributed by atoms with Crippen LogP contribution in [-0.4, -0.2) is 60.5 Å². The quantitative estimate of drug-likeness (QED) is 0.706. The van der Waals surface area contributed by atoms with Crippen molar-refractivity contribution < 1.29 is 9.90 Å². The highest BCUT2D eigenvalue weighted by Gasteiger charge is 2.44. The van der Waals surface area contributed by atoms with Crippen molar-refractivity contribution in [2.24, 2.45) is 0 Å². The fourth-order valence-electron chi connectivity index (χ4n) is 4.86. The molecule has 3 atom stereocenters. The molecule has 3 unspecified atom stereocenters. The standard InChI is InChI=1S/C21H22ClN5O2/c1-13(25-11-16-7-8-17(12-25)27(16)21(28)29)19-18(14-3-5-15(22)6-4-14)24-20-23-9-2-10-26(19)20/h2-6,9-10,13,16-17H,7-8,11-12H2,1H3,(H,28,29). The first-order chi connectivity index (χ1) is 14.0.